The highest BCUT2D eigenvalue weighted by Crippen LogP contribution is 2.20. The number of carbonyl (C=O) groups excluding carboxylic acids is 1. The zero-order valence-corrected chi connectivity index (χ0v) is 14.7. The van der Waals surface area contributed by atoms with Crippen LogP contribution in [0.3, 0.4) is 0 Å². The second kappa shape index (κ2) is 8.36. The van der Waals surface area contributed by atoms with E-state index in [2.05, 4.69) is 10.6 Å². The number of non-ortho nitro benzene ring substituents is 1. The highest BCUT2D eigenvalue weighted by molar-refractivity contribution is 7.80. The fraction of sp³-hybridized carbons (Fsp3) is 0.0588. The number of anilines is 1. The summed E-state index contributed by atoms with van der Waals surface area (Å²) in [4.78, 5) is 22.1. The zero-order chi connectivity index (χ0) is 18.4. The quantitative estimate of drug-likeness (QED) is 0.364. The number of aryl methyl sites for hydroxylation is 1. The molecule has 6 nitrogen and oxygen atoms in total. The second-order valence-electron chi connectivity index (χ2n) is 5.09. The molecular weight excluding hydrogens is 362 g/mol. The van der Waals surface area contributed by atoms with Gasteiger partial charge in [-0.25, -0.2) is 0 Å². The first-order chi connectivity index (χ1) is 11.8. The van der Waals surface area contributed by atoms with E-state index in [-0.39, 0.29) is 10.8 Å². The van der Waals surface area contributed by atoms with Crippen molar-refractivity contribution in [3.8, 4) is 0 Å². The Balaban J connectivity index is 1.97. The maximum atomic E-state index is 11.9. The third-order valence-electron chi connectivity index (χ3n) is 3.19. The van der Waals surface area contributed by atoms with E-state index in [0.717, 1.165) is 5.56 Å². The molecule has 0 bridgehead atoms. The molecular formula is C17H14ClN3O3S. The van der Waals surface area contributed by atoms with Gasteiger partial charge in [0.15, 0.2) is 5.11 Å². The summed E-state index contributed by atoms with van der Waals surface area (Å²) < 4.78 is 0. The first kappa shape index (κ1) is 18.6. The normalized spacial score (nSPS) is 10.5. The Morgan fingerprint density at radius 3 is 2.76 bits per heavy atom. The molecule has 0 atom stereocenters. The van der Waals surface area contributed by atoms with E-state index in [1.165, 1.54) is 24.3 Å². The van der Waals surface area contributed by atoms with Gasteiger partial charge < -0.3 is 5.32 Å². The van der Waals surface area contributed by atoms with E-state index < -0.39 is 10.8 Å². The predicted molar refractivity (Wildman–Crippen MR) is 103 cm³/mol. The van der Waals surface area contributed by atoms with Crippen LogP contribution in [0.25, 0.3) is 6.08 Å². The Labute approximate surface area is 154 Å². The van der Waals surface area contributed by atoms with Crippen molar-refractivity contribution in [1.82, 2.24) is 5.32 Å². The molecule has 0 saturated heterocycles. The van der Waals surface area contributed by atoms with Gasteiger partial charge in [0.2, 0.25) is 5.91 Å². The van der Waals surface area contributed by atoms with Crippen LogP contribution in [-0.4, -0.2) is 15.9 Å². The summed E-state index contributed by atoms with van der Waals surface area (Å²) in [6.45, 7) is 1.88. The van der Waals surface area contributed by atoms with Crippen LogP contribution in [0.5, 0.6) is 0 Å². The first-order valence-electron chi connectivity index (χ1n) is 7.16. The van der Waals surface area contributed by atoms with Crippen molar-refractivity contribution in [2.45, 2.75) is 6.92 Å². The van der Waals surface area contributed by atoms with E-state index >= 15 is 0 Å². The monoisotopic (exact) mass is 375 g/mol. The molecule has 0 aliphatic carbocycles. The number of halogens is 1. The zero-order valence-electron chi connectivity index (χ0n) is 13.2. The molecule has 2 N–H and O–H groups in total. The average Bonchev–Trinajstić information content (AvgIpc) is 2.56. The molecule has 25 heavy (non-hydrogen) atoms. The van der Waals surface area contributed by atoms with Gasteiger partial charge in [-0.2, -0.15) is 0 Å². The fourth-order valence-electron chi connectivity index (χ4n) is 1.95. The molecule has 0 aliphatic rings. The molecule has 0 aliphatic heterocycles. The van der Waals surface area contributed by atoms with Gasteiger partial charge in [0, 0.05) is 28.9 Å². The predicted octanol–water partition coefficient (Wildman–Crippen LogP) is 4.08. The third-order valence-corrected chi connectivity index (χ3v) is 3.63. The lowest BCUT2D eigenvalue weighted by molar-refractivity contribution is -0.384. The minimum Gasteiger partial charge on any atom is -0.332 e. The molecule has 128 valence electrons. The Bertz CT molecular complexity index is 868. The van der Waals surface area contributed by atoms with Crippen LogP contribution >= 0.6 is 23.8 Å². The lowest BCUT2D eigenvalue weighted by atomic mass is 10.2. The van der Waals surface area contributed by atoms with Crippen LogP contribution in [0.4, 0.5) is 11.4 Å². The van der Waals surface area contributed by atoms with Crippen LogP contribution in [-0.2, 0) is 4.79 Å². The fourth-order valence-corrected chi connectivity index (χ4v) is 2.33. The number of carbonyl (C=O) groups is 1. The number of nitrogens with zero attached hydrogens (tertiary/aromatic N) is 1. The Hall–Kier alpha value is -2.77. The largest absolute Gasteiger partial charge is 0.332 e. The molecule has 0 saturated carbocycles. The van der Waals surface area contributed by atoms with Crippen molar-refractivity contribution in [1.29, 1.82) is 0 Å². The van der Waals surface area contributed by atoms with E-state index in [4.69, 9.17) is 23.8 Å². The average molecular weight is 376 g/mol. The number of nitrogens with one attached hydrogen (secondary N) is 2. The van der Waals surface area contributed by atoms with Crippen molar-refractivity contribution in [2.75, 3.05) is 5.32 Å². The van der Waals surface area contributed by atoms with Crippen molar-refractivity contribution in [3.63, 3.8) is 0 Å². The van der Waals surface area contributed by atoms with Crippen molar-refractivity contribution >= 4 is 52.3 Å². The van der Waals surface area contributed by atoms with Crippen LogP contribution in [0.1, 0.15) is 11.1 Å². The highest BCUT2D eigenvalue weighted by Gasteiger charge is 2.06. The number of nitro groups is 1. The number of nitro benzene ring substituents is 1. The van der Waals surface area contributed by atoms with Gasteiger partial charge in [-0.15, -0.1) is 0 Å². The Kier molecular flexibility index (Phi) is 6.21. The van der Waals surface area contributed by atoms with Gasteiger partial charge in [-0.3, -0.25) is 20.2 Å². The van der Waals surface area contributed by atoms with E-state index in [1.54, 1.807) is 24.3 Å². The summed E-state index contributed by atoms with van der Waals surface area (Å²) in [6, 6.07) is 11.2. The molecule has 0 radical (unpaired) electrons. The van der Waals surface area contributed by atoms with Crippen molar-refractivity contribution < 1.29 is 9.72 Å². The standard InChI is InChI=1S/C17H14ClN3O3S/c1-11-5-7-13(18)10-15(11)19-17(25)20-16(22)8-6-12-3-2-4-14(9-12)21(23)24/h2-10H,1H3,(H2,19,20,22,25)/b8-6+. The third kappa shape index (κ3) is 5.66. The topological polar surface area (TPSA) is 84.3 Å². The number of hydrogen-bond donors (Lipinski definition) is 2. The molecule has 0 unspecified atom stereocenters. The van der Waals surface area contributed by atoms with E-state index in [0.29, 0.717) is 16.3 Å². The molecule has 2 aromatic carbocycles. The summed E-state index contributed by atoms with van der Waals surface area (Å²) in [6.07, 6.45) is 2.72. The van der Waals surface area contributed by atoms with Crippen LogP contribution in [0.2, 0.25) is 5.02 Å². The van der Waals surface area contributed by atoms with E-state index in [9.17, 15) is 14.9 Å². The minimum absolute atomic E-state index is 0.0452. The lowest BCUT2D eigenvalue weighted by Crippen LogP contribution is -2.33. The molecule has 0 aromatic heterocycles. The van der Waals surface area contributed by atoms with Gasteiger partial charge in [0.05, 0.1) is 4.92 Å². The van der Waals surface area contributed by atoms with Gasteiger partial charge in [0.25, 0.3) is 5.69 Å². The number of rotatable bonds is 4. The summed E-state index contributed by atoms with van der Waals surface area (Å²) in [5.41, 5.74) is 2.11. The molecule has 1 amide bonds. The molecule has 0 fully saturated rings. The SMILES string of the molecule is Cc1ccc(Cl)cc1NC(=S)NC(=O)/C=C/c1cccc([N+](=O)[O-])c1. The number of hydrogen-bond acceptors (Lipinski definition) is 4. The van der Waals surface area contributed by atoms with Gasteiger partial charge in [0.1, 0.15) is 0 Å². The minimum atomic E-state index is -0.496. The summed E-state index contributed by atoms with van der Waals surface area (Å²) in [5.74, 6) is -0.455. The Morgan fingerprint density at radius 2 is 2.04 bits per heavy atom. The first-order valence-corrected chi connectivity index (χ1v) is 7.94. The molecule has 0 heterocycles. The molecule has 8 heteroatoms. The van der Waals surface area contributed by atoms with Gasteiger partial charge in [-0.05, 0) is 48.5 Å². The van der Waals surface area contributed by atoms with Crippen LogP contribution in [0, 0.1) is 17.0 Å². The van der Waals surface area contributed by atoms with Crippen molar-refractivity contribution in [2.24, 2.45) is 0 Å². The Morgan fingerprint density at radius 1 is 1.28 bits per heavy atom. The highest BCUT2D eigenvalue weighted by atomic mass is 35.5. The molecule has 0 spiro atoms. The van der Waals surface area contributed by atoms with Crippen LogP contribution < -0.4 is 10.6 Å². The number of thiocarbonyl (C=S) groups is 1. The molecule has 2 aromatic rings. The number of amides is 1. The summed E-state index contributed by atoms with van der Waals surface area (Å²) in [5, 5.41) is 16.8. The van der Waals surface area contributed by atoms with Gasteiger partial charge in [-0.1, -0.05) is 29.8 Å². The van der Waals surface area contributed by atoms with Crippen LogP contribution in [0.15, 0.2) is 48.5 Å². The summed E-state index contributed by atoms with van der Waals surface area (Å²) >= 11 is 11.0. The van der Waals surface area contributed by atoms with Crippen molar-refractivity contribution in [3.05, 3.63) is 74.8 Å². The maximum Gasteiger partial charge on any atom is 0.270 e. The summed E-state index contributed by atoms with van der Waals surface area (Å²) in [7, 11) is 0. The number of benzene rings is 2. The van der Waals surface area contributed by atoms with E-state index in [1.807, 2.05) is 13.0 Å². The van der Waals surface area contributed by atoms with Gasteiger partial charge >= 0.3 is 0 Å². The lowest BCUT2D eigenvalue weighted by Gasteiger charge is -2.11. The smallest absolute Gasteiger partial charge is 0.270 e. The molecule has 2 rings (SSSR count). The maximum absolute atomic E-state index is 11.9. The second-order valence-corrected chi connectivity index (χ2v) is 5.93.